The van der Waals surface area contributed by atoms with E-state index in [9.17, 15) is 27.9 Å². The molecule has 0 unspecified atom stereocenters. The first kappa shape index (κ1) is 22.1. The number of hydrogen-bond acceptors (Lipinski definition) is 4. The van der Waals surface area contributed by atoms with Crippen LogP contribution in [0.2, 0.25) is 0 Å². The lowest BCUT2D eigenvalue weighted by Gasteiger charge is -2.24. The van der Waals surface area contributed by atoms with Gasteiger partial charge in [-0.1, -0.05) is 0 Å². The van der Waals surface area contributed by atoms with Gasteiger partial charge in [-0.15, -0.1) is 0 Å². The van der Waals surface area contributed by atoms with Crippen molar-refractivity contribution in [3.05, 3.63) is 69.9 Å². The first-order valence-electron chi connectivity index (χ1n) is 9.19. The van der Waals surface area contributed by atoms with Gasteiger partial charge in [-0.25, -0.2) is 14.2 Å². The summed E-state index contributed by atoms with van der Waals surface area (Å²) in [6.45, 7) is 6.28. The fourth-order valence-electron chi connectivity index (χ4n) is 2.98. The van der Waals surface area contributed by atoms with Gasteiger partial charge in [0.25, 0.3) is 0 Å². The maximum Gasteiger partial charge on any atom is 0.416 e. The number of aliphatic carboxylic acids is 1. The molecule has 0 fully saturated rings. The highest BCUT2D eigenvalue weighted by atomic mass is 19.4. The van der Waals surface area contributed by atoms with Crippen molar-refractivity contribution in [3.8, 4) is 17.1 Å². The Hall–Kier alpha value is -3.56. The number of halogens is 3. The van der Waals surface area contributed by atoms with Crippen molar-refractivity contribution in [2.24, 2.45) is 0 Å². The summed E-state index contributed by atoms with van der Waals surface area (Å²) in [5.41, 5.74) is -0.994. The van der Waals surface area contributed by atoms with Gasteiger partial charge >= 0.3 is 17.8 Å². The number of benzene rings is 2. The molecule has 1 heterocycles. The van der Waals surface area contributed by atoms with Gasteiger partial charge in [0.1, 0.15) is 12.1 Å². The maximum absolute atomic E-state index is 12.8. The van der Waals surface area contributed by atoms with Gasteiger partial charge in [0.15, 0.2) is 5.60 Å². The van der Waals surface area contributed by atoms with E-state index in [0.29, 0.717) is 22.6 Å². The van der Waals surface area contributed by atoms with Crippen molar-refractivity contribution in [1.29, 1.82) is 0 Å². The van der Waals surface area contributed by atoms with Gasteiger partial charge in [-0.05, 0) is 75.2 Å². The third-order valence-electron chi connectivity index (χ3n) is 4.70. The summed E-state index contributed by atoms with van der Waals surface area (Å²) in [6.07, 6.45) is -3.25. The summed E-state index contributed by atoms with van der Waals surface area (Å²) in [6, 6.07) is 7.40. The lowest BCUT2D eigenvalue weighted by atomic mass is 10.1. The van der Waals surface area contributed by atoms with Crippen molar-refractivity contribution in [3.63, 3.8) is 0 Å². The predicted octanol–water partition coefficient (Wildman–Crippen LogP) is 3.90. The number of carboxylic acid groups (broad SMARTS) is 1. The second kappa shape index (κ2) is 7.60. The molecule has 0 bridgehead atoms. The Kier molecular flexibility index (Phi) is 5.43. The van der Waals surface area contributed by atoms with E-state index in [1.54, 1.807) is 26.0 Å². The monoisotopic (exact) mass is 435 g/mol. The molecule has 1 N–H and O–H groups in total. The quantitative estimate of drug-likeness (QED) is 0.657. The molecule has 1 aromatic heterocycles. The summed E-state index contributed by atoms with van der Waals surface area (Å²) < 4.78 is 46.1. The highest BCUT2D eigenvalue weighted by molar-refractivity contribution is 5.77. The lowest BCUT2D eigenvalue weighted by molar-refractivity contribution is -0.152. The molecule has 3 rings (SSSR count). The molecule has 31 heavy (non-hydrogen) atoms. The highest BCUT2D eigenvalue weighted by Crippen LogP contribution is 2.30. The van der Waals surface area contributed by atoms with E-state index in [1.807, 2.05) is 0 Å². The largest absolute Gasteiger partial charge is 0.478 e. The molecule has 0 amide bonds. The number of aryl methyl sites for hydroxylation is 2. The van der Waals surface area contributed by atoms with Crippen molar-refractivity contribution in [2.45, 2.75) is 39.5 Å². The summed E-state index contributed by atoms with van der Waals surface area (Å²) >= 11 is 0. The van der Waals surface area contributed by atoms with Gasteiger partial charge in [0, 0.05) is 0 Å². The van der Waals surface area contributed by atoms with Gasteiger partial charge < -0.3 is 9.84 Å². The zero-order chi connectivity index (χ0) is 23.1. The van der Waals surface area contributed by atoms with E-state index in [2.05, 4.69) is 5.10 Å². The van der Waals surface area contributed by atoms with Crippen LogP contribution in [0.3, 0.4) is 0 Å². The van der Waals surface area contributed by atoms with Crippen LogP contribution in [0, 0.1) is 13.8 Å². The minimum Gasteiger partial charge on any atom is -0.478 e. The summed E-state index contributed by atoms with van der Waals surface area (Å²) in [5, 5.41) is 13.3. The fraction of sp³-hybridized carbons (Fsp3) is 0.286. The zero-order valence-corrected chi connectivity index (χ0v) is 17.2. The molecule has 0 spiro atoms. The Labute approximate surface area is 175 Å². The van der Waals surface area contributed by atoms with Crippen LogP contribution in [0.25, 0.3) is 11.4 Å². The fourth-order valence-corrected chi connectivity index (χ4v) is 2.98. The van der Waals surface area contributed by atoms with Crippen LogP contribution >= 0.6 is 0 Å². The van der Waals surface area contributed by atoms with Crippen LogP contribution in [-0.2, 0) is 11.0 Å². The Morgan fingerprint density at radius 3 is 2.06 bits per heavy atom. The standard InChI is InChI=1S/C21H20F3N3O4/c1-12-9-16(10-13(2)17(12)31-20(3,4)18(28)29)27-19(30)26(11-25-27)15-7-5-14(6-8-15)21(22,23)24/h5-11H,1-4H3,(H,28,29). The Bertz CT molecular complexity index is 1170. The van der Waals surface area contributed by atoms with Crippen LogP contribution < -0.4 is 10.4 Å². The maximum atomic E-state index is 12.8. The summed E-state index contributed by atoms with van der Waals surface area (Å²) in [5.74, 6) is -0.742. The average Bonchev–Trinajstić information content (AvgIpc) is 3.05. The first-order chi connectivity index (χ1) is 14.3. The van der Waals surface area contributed by atoms with Crippen LogP contribution in [-0.4, -0.2) is 31.0 Å². The van der Waals surface area contributed by atoms with Crippen LogP contribution in [0.1, 0.15) is 30.5 Å². The Balaban J connectivity index is 1.98. The molecular formula is C21H20F3N3O4. The molecule has 7 nitrogen and oxygen atoms in total. The first-order valence-corrected chi connectivity index (χ1v) is 9.19. The predicted molar refractivity (Wildman–Crippen MR) is 106 cm³/mol. The second-order valence-corrected chi connectivity index (χ2v) is 7.57. The number of nitrogens with zero attached hydrogens (tertiary/aromatic N) is 3. The molecule has 0 saturated heterocycles. The SMILES string of the molecule is Cc1cc(-n2ncn(-c3ccc(C(F)(F)F)cc3)c2=O)cc(C)c1OC(C)(C)C(=O)O. The highest BCUT2D eigenvalue weighted by Gasteiger charge is 2.31. The van der Waals surface area contributed by atoms with E-state index in [-0.39, 0.29) is 5.69 Å². The average molecular weight is 435 g/mol. The number of alkyl halides is 3. The van der Waals surface area contributed by atoms with Gasteiger partial charge in [-0.2, -0.15) is 23.0 Å². The molecule has 2 aromatic carbocycles. The summed E-state index contributed by atoms with van der Waals surface area (Å²) in [7, 11) is 0. The normalized spacial score (nSPS) is 12.1. The minimum absolute atomic E-state index is 0.237. The van der Waals surface area contributed by atoms with Crippen molar-refractivity contribution < 1.29 is 27.8 Å². The number of aromatic nitrogens is 3. The molecule has 0 saturated carbocycles. The van der Waals surface area contributed by atoms with E-state index >= 15 is 0 Å². The summed E-state index contributed by atoms with van der Waals surface area (Å²) in [4.78, 5) is 24.2. The molecule has 0 aliphatic heterocycles. The smallest absolute Gasteiger partial charge is 0.416 e. The van der Waals surface area contributed by atoms with Crippen molar-refractivity contribution in [1.82, 2.24) is 14.3 Å². The Morgan fingerprint density at radius 1 is 1.03 bits per heavy atom. The molecule has 0 atom stereocenters. The number of carboxylic acids is 1. The second-order valence-electron chi connectivity index (χ2n) is 7.57. The van der Waals surface area contributed by atoms with Gasteiger partial charge in [0.2, 0.25) is 0 Å². The molecule has 3 aromatic rings. The van der Waals surface area contributed by atoms with E-state index in [1.165, 1.54) is 32.3 Å². The van der Waals surface area contributed by atoms with Crippen molar-refractivity contribution in [2.75, 3.05) is 0 Å². The Morgan fingerprint density at radius 2 is 1.58 bits per heavy atom. The van der Waals surface area contributed by atoms with E-state index in [4.69, 9.17) is 4.74 Å². The zero-order valence-electron chi connectivity index (χ0n) is 17.2. The topological polar surface area (TPSA) is 86.4 Å². The van der Waals surface area contributed by atoms with Crippen LogP contribution in [0.15, 0.2) is 47.5 Å². The number of carbonyl (C=O) groups is 1. The number of ether oxygens (including phenoxy) is 1. The van der Waals surface area contributed by atoms with Gasteiger partial charge in [0.05, 0.1) is 16.9 Å². The molecule has 164 valence electrons. The molecule has 10 heteroatoms. The molecule has 0 aliphatic rings. The van der Waals surface area contributed by atoms with Gasteiger partial charge in [-0.3, -0.25) is 0 Å². The lowest BCUT2D eigenvalue weighted by Crippen LogP contribution is -2.38. The third-order valence-corrected chi connectivity index (χ3v) is 4.70. The minimum atomic E-state index is -4.47. The third kappa shape index (κ3) is 4.32. The number of hydrogen-bond donors (Lipinski definition) is 1. The van der Waals surface area contributed by atoms with Crippen molar-refractivity contribution >= 4 is 5.97 Å². The van der Waals surface area contributed by atoms with Crippen LogP contribution in [0.4, 0.5) is 13.2 Å². The van der Waals surface area contributed by atoms with E-state index < -0.39 is 29.0 Å². The molecule has 0 radical (unpaired) electrons. The molecule has 0 aliphatic carbocycles. The molecular weight excluding hydrogens is 415 g/mol. The van der Waals surface area contributed by atoms with E-state index in [0.717, 1.165) is 21.4 Å². The number of rotatable bonds is 5. The van der Waals surface area contributed by atoms with Crippen LogP contribution in [0.5, 0.6) is 5.75 Å².